The van der Waals surface area contributed by atoms with Crippen LogP contribution in [0.25, 0.3) is 0 Å². The SMILES string of the molecule is COC(CN)CN1CCSCC1. The summed E-state index contributed by atoms with van der Waals surface area (Å²) in [5, 5.41) is 0. The van der Waals surface area contributed by atoms with Gasteiger partial charge in [0.25, 0.3) is 0 Å². The van der Waals surface area contributed by atoms with Crippen molar-refractivity contribution < 1.29 is 4.74 Å². The van der Waals surface area contributed by atoms with E-state index in [1.807, 2.05) is 11.8 Å². The number of nitrogens with two attached hydrogens (primary N) is 1. The van der Waals surface area contributed by atoms with E-state index >= 15 is 0 Å². The first-order valence-electron chi connectivity index (χ1n) is 4.39. The van der Waals surface area contributed by atoms with Crippen molar-refractivity contribution in [1.82, 2.24) is 4.90 Å². The lowest BCUT2D eigenvalue weighted by Gasteiger charge is -2.28. The van der Waals surface area contributed by atoms with Gasteiger partial charge in [-0.25, -0.2) is 0 Å². The quantitative estimate of drug-likeness (QED) is 0.678. The van der Waals surface area contributed by atoms with Crippen molar-refractivity contribution in [1.29, 1.82) is 0 Å². The third-order valence-electron chi connectivity index (χ3n) is 2.16. The van der Waals surface area contributed by atoms with E-state index < -0.39 is 0 Å². The molecule has 1 aliphatic rings. The van der Waals surface area contributed by atoms with Crippen LogP contribution in [0.4, 0.5) is 0 Å². The maximum atomic E-state index is 5.54. The Labute approximate surface area is 78.6 Å². The van der Waals surface area contributed by atoms with Gasteiger partial charge >= 0.3 is 0 Å². The van der Waals surface area contributed by atoms with Gasteiger partial charge in [0.1, 0.15) is 0 Å². The first kappa shape index (κ1) is 10.3. The standard InChI is InChI=1S/C8H18N2OS/c1-11-8(6-9)7-10-2-4-12-5-3-10/h8H,2-7,9H2,1H3. The van der Waals surface area contributed by atoms with Gasteiger partial charge in [0.2, 0.25) is 0 Å². The first-order valence-corrected chi connectivity index (χ1v) is 5.55. The lowest BCUT2D eigenvalue weighted by Crippen LogP contribution is -2.41. The number of methoxy groups -OCH3 is 1. The van der Waals surface area contributed by atoms with Crippen molar-refractivity contribution >= 4 is 11.8 Å². The van der Waals surface area contributed by atoms with E-state index in [9.17, 15) is 0 Å². The van der Waals surface area contributed by atoms with Crippen LogP contribution in [-0.4, -0.2) is 55.8 Å². The summed E-state index contributed by atoms with van der Waals surface area (Å²) in [6, 6.07) is 0. The lowest BCUT2D eigenvalue weighted by molar-refractivity contribution is 0.0733. The van der Waals surface area contributed by atoms with Gasteiger partial charge < -0.3 is 10.5 Å². The van der Waals surface area contributed by atoms with Crippen molar-refractivity contribution in [2.75, 3.05) is 44.8 Å². The maximum absolute atomic E-state index is 5.54. The highest BCUT2D eigenvalue weighted by Gasteiger charge is 2.14. The molecule has 0 amide bonds. The van der Waals surface area contributed by atoms with Crippen molar-refractivity contribution in [3.05, 3.63) is 0 Å². The number of thioether (sulfide) groups is 1. The highest BCUT2D eigenvalue weighted by Crippen LogP contribution is 2.09. The third kappa shape index (κ3) is 3.31. The van der Waals surface area contributed by atoms with Gasteiger partial charge in [-0.05, 0) is 0 Å². The number of hydrogen-bond acceptors (Lipinski definition) is 4. The van der Waals surface area contributed by atoms with Crippen LogP contribution in [0.15, 0.2) is 0 Å². The molecule has 2 N–H and O–H groups in total. The molecule has 1 rings (SSSR count). The van der Waals surface area contributed by atoms with Gasteiger partial charge in [-0.3, -0.25) is 4.90 Å². The van der Waals surface area contributed by atoms with E-state index in [0.29, 0.717) is 6.54 Å². The minimum atomic E-state index is 0.216. The summed E-state index contributed by atoms with van der Waals surface area (Å²) >= 11 is 2.03. The summed E-state index contributed by atoms with van der Waals surface area (Å²) < 4.78 is 5.23. The maximum Gasteiger partial charge on any atom is 0.0820 e. The van der Waals surface area contributed by atoms with Crippen LogP contribution in [0.1, 0.15) is 0 Å². The van der Waals surface area contributed by atoms with E-state index in [1.54, 1.807) is 7.11 Å². The molecule has 4 heteroatoms. The molecule has 1 heterocycles. The van der Waals surface area contributed by atoms with Crippen molar-refractivity contribution in [2.24, 2.45) is 5.73 Å². The van der Waals surface area contributed by atoms with Crippen LogP contribution >= 0.6 is 11.8 Å². The molecule has 0 bridgehead atoms. The zero-order chi connectivity index (χ0) is 8.81. The van der Waals surface area contributed by atoms with Gasteiger partial charge in [-0.2, -0.15) is 11.8 Å². The van der Waals surface area contributed by atoms with Crippen LogP contribution in [0.3, 0.4) is 0 Å². The Morgan fingerprint density at radius 1 is 1.50 bits per heavy atom. The van der Waals surface area contributed by atoms with E-state index in [-0.39, 0.29) is 6.10 Å². The predicted molar refractivity (Wildman–Crippen MR) is 53.6 cm³/mol. The highest BCUT2D eigenvalue weighted by molar-refractivity contribution is 7.99. The van der Waals surface area contributed by atoms with Gasteiger partial charge in [0.15, 0.2) is 0 Å². The molecule has 1 unspecified atom stereocenters. The molecule has 1 atom stereocenters. The van der Waals surface area contributed by atoms with Crippen molar-refractivity contribution in [2.45, 2.75) is 6.10 Å². The molecular formula is C8H18N2OS. The zero-order valence-electron chi connectivity index (χ0n) is 7.66. The molecule has 0 aromatic carbocycles. The Morgan fingerprint density at radius 3 is 2.67 bits per heavy atom. The minimum Gasteiger partial charge on any atom is -0.379 e. The second kappa shape index (κ2) is 5.80. The summed E-state index contributed by atoms with van der Waals surface area (Å²) in [5.41, 5.74) is 5.54. The molecule has 1 fully saturated rings. The van der Waals surface area contributed by atoms with E-state index in [2.05, 4.69) is 4.90 Å². The molecule has 0 radical (unpaired) electrons. The molecule has 0 aromatic heterocycles. The van der Waals surface area contributed by atoms with Gasteiger partial charge in [-0.1, -0.05) is 0 Å². The van der Waals surface area contributed by atoms with Crippen molar-refractivity contribution in [3.8, 4) is 0 Å². The number of nitrogens with zero attached hydrogens (tertiary/aromatic N) is 1. The van der Waals surface area contributed by atoms with Gasteiger partial charge in [0, 0.05) is 44.8 Å². The minimum absolute atomic E-state index is 0.216. The molecule has 1 saturated heterocycles. The van der Waals surface area contributed by atoms with Gasteiger partial charge in [0.05, 0.1) is 6.10 Å². The Bertz CT molecular complexity index is 114. The van der Waals surface area contributed by atoms with Crippen LogP contribution in [0.5, 0.6) is 0 Å². The fourth-order valence-electron chi connectivity index (χ4n) is 1.32. The Balaban J connectivity index is 2.18. The van der Waals surface area contributed by atoms with E-state index in [4.69, 9.17) is 10.5 Å². The van der Waals surface area contributed by atoms with E-state index in [1.165, 1.54) is 24.6 Å². The topological polar surface area (TPSA) is 38.5 Å². The zero-order valence-corrected chi connectivity index (χ0v) is 8.48. The summed E-state index contributed by atoms with van der Waals surface area (Å²) in [6.45, 7) is 3.99. The average Bonchev–Trinajstić information content (AvgIpc) is 2.16. The first-order chi connectivity index (χ1) is 5.86. The molecule has 0 aliphatic carbocycles. The van der Waals surface area contributed by atoms with Crippen LogP contribution < -0.4 is 5.73 Å². The molecule has 1 aliphatic heterocycles. The molecule has 0 saturated carbocycles. The average molecular weight is 190 g/mol. The Morgan fingerprint density at radius 2 is 2.17 bits per heavy atom. The summed E-state index contributed by atoms with van der Waals surface area (Å²) in [6.07, 6.45) is 0.216. The molecule has 72 valence electrons. The number of ether oxygens (including phenoxy) is 1. The molecular weight excluding hydrogens is 172 g/mol. The lowest BCUT2D eigenvalue weighted by atomic mass is 10.3. The molecule has 0 spiro atoms. The van der Waals surface area contributed by atoms with Gasteiger partial charge in [-0.15, -0.1) is 0 Å². The second-order valence-corrected chi connectivity index (χ2v) is 4.23. The Hall–Kier alpha value is 0.230. The molecule has 0 aromatic rings. The predicted octanol–water partition coefficient (Wildman–Crippen LogP) is 0.00890. The van der Waals surface area contributed by atoms with E-state index in [0.717, 1.165) is 6.54 Å². The fraction of sp³-hybridized carbons (Fsp3) is 1.00. The molecule has 3 nitrogen and oxygen atoms in total. The summed E-state index contributed by atoms with van der Waals surface area (Å²) in [4.78, 5) is 2.43. The Kier molecular flexibility index (Phi) is 4.99. The molecule has 12 heavy (non-hydrogen) atoms. The summed E-state index contributed by atoms with van der Waals surface area (Å²) in [5.74, 6) is 2.50. The normalized spacial score (nSPS) is 22.5. The number of hydrogen-bond donors (Lipinski definition) is 1. The monoisotopic (exact) mass is 190 g/mol. The third-order valence-corrected chi connectivity index (χ3v) is 3.10. The summed E-state index contributed by atoms with van der Waals surface area (Å²) in [7, 11) is 1.73. The van der Waals surface area contributed by atoms with Crippen LogP contribution in [0.2, 0.25) is 0 Å². The van der Waals surface area contributed by atoms with Crippen LogP contribution in [-0.2, 0) is 4.74 Å². The number of rotatable bonds is 4. The van der Waals surface area contributed by atoms with Crippen molar-refractivity contribution in [3.63, 3.8) is 0 Å². The smallest absolute Gasteiger partial charge is 0.0820 e. The highest BCUT2D eigenvalue weighted by atomic mass is 32.2. The largest absolute Gasteiger partial charge is 0.379 e. The van der Waals surface area contributed by atoms with Crippen LogP contribution in [0, 0.1) is 0 Å². The second-order valence-electron chi connectivity index (χ2n) is 3.01. The fourth-order valence-corrected chi connectivity index (χ4v) is 2.30.